The van der Waals surface area contributed by atoms with Gasteiger partial charge >= 0.3 is 15.6 Å². The third-order valence-electron chi connectivity index (χ3n) is 7.11. The third-order valence-corrected chi connectivity index (χ3v) is 8.83. The van der Waals surface area contributed by atoms with Crippen LogP contribution in [-0.2, 0) is 10.1 Å². The van der Waals surface area contributed by atoms with E-state index in [4.69, 9.17) is 0 Å². The van der Waals surface area contributed by atoms with Crippen LogP contribution in [0.2, 0.25) is 0 Å². The van der Waals surface area contributed by atoms with E-state index in [0.717, 1.165) is 48.8 Å². The van der Waals surface area contributed by atoms with Gasteiger partial charge in [0.1, 0.15) is 5.75 Å². The summed E-state index contributed by atoms with van der Waals surface area (Å²) in [6.45, 7) is 0. The summed E-state index contributed by atoms with van der Waals surface area (Å²) in [5.74, 6) is -0.383. The van der Waals surface area contributed by atoms with Crippen LogP contribution in [0.1, 0.15) is 0 Å². The van der Waals surface area contributed by atoms with E-state index in [-0.39, 0.29) is 5.75 Å². The molecule has 7 rings (SSSR count). The fourth-order valence-corrected chi connectivity index (χ4v) is 6.68. The van der Waals surface area contributed by atoms with Crippen LogP contribution < -0.4 is 4.18 Å². The summed E-state index contributed by atoms with van der Waals surface area (Å²) < 4.78 is 66.3. The van der Waals surface area contributed by atoms with Gasteiger partial charge in [-0.15, -0.1) is 0 Å². The van der Waals surface area contributed by atoms with Gasteiger partial charge in [-0.3, -0.25) is 0 Å². The van der Waals surface area contributed by atoms with Crippen molar-refractivity contribution < 1.29 is 25.8 Å². The van der Waals surface area contributed by atoms with E-state index in [1.54, 1.807) is 6.07 Å². The molecule has 1 aromatic heterocycles. The standard InChI is InChI=1S/C31H17F3O3S2/c32-31(33,34)39(35,36)37-20-10-12-25-24-11-9-19(14-27(24)29-16-38-17-30(29)28(25)15-20)26-13-18-5-1-2-6-21(18)22-7-3-4-8-23(22)26/h1-17H. The van der Waals surface area contributed by atoms with E-state index >= 15 is 0 Å². The quantitative estimate of drug-likeness (QED) is 0.123. The predicted molar refractivity (Wildman–Crippen MR) is 153 cm³/mol. The topological polar surface area (TPSA) is 43.4 Å². The first-order valence-electron chi connectivity index (χ1n) is 12.0. The molecular weight excluding hydrogens is 541 g/mol. The van der Waals surface area contributed by atoms with Gasteiger partial charge in [-0.2, -0.15) is 32.9 Å². The second-order valence-electron chi connectivity index (χ2n) is 9.34. The number of halogens is 3. The summed E-state index contributed by atoms with van der Waals surface area (Å²) in [5, 5.41) is 13.7. The minimum atomic E-state index is -5.77. The summed E-state index contributed by atoms with van der Waals surface area (Å²) in [6.07, 6.45) is 0. The molecule has 0 N–H and O–H groups in total. The number of hydrogen-bond donors (Lipinski definition) is 0. The zero-order valence-electron chi connectivity index (χ0n) is 20.0. The van der Waals surface area contributed by atoms with Crippen LogP contribution in [0.3, 0.4) is 0 Å². The van der Waals surface area contributed by atoms with Crippen molar-refractivity contribution in [2.75, 3.05) is 0 Å². The van der Waals surface area contributed by atoms with E-state index in [9.17, 15) is 21.6 Å². The number of benzene rings is 6. The lowest BCUT2D eigenvalue weighted by molar-refractivity contribution is -0.0500. The fraction of sp³-hybridized carbons (Fsp3) is 0.0323. The van der Waals surface area contributed by atoms with Crippen molar-refractivity contribution in [3.8, 4) is 16.9 Å². The molecule has 0 bridgehead atoms. The van der Waals surface area contributed by atoms with Crippen molar-refractivity contribution >= 4 is 75.3 Å². The third kappa shape index (κ3) is 3.74. The summed E-state index contributed by atoms with van der Waals surface area (Å²) >= 11 is 1.47. The molecule has 0 saturated carbocycles. The predicted octanol–water partition coefficient (Wildman–Crippen LogP) is 9.41. The van der Waals surface area contributed by atoms with Crippen LogP contribution in [0.15, 0.2) is 102 Å². The molecule has 8 heteroatoms. The minimum Gasteiger partial charge on any atom is -0.376 e. The molecule has 192 valence electrons. The van der Waals surface area contributed by atoms with E-state index < -0.39 is 15.6 Å². The zero-order chi connectivity index (χ0) is 26.9. The molecule has 0 saturated heterocycles. The van der Waals surface area contributed by atoms with Crippen molar-refractivity contribution in [3.63, 3.8) is 0 Å². The Labute approximate surface area is 224 Å². The van der Waals surface area contributed by atoms with Gasteiger partial charge in [0, 0.05) is 10.8 Å². The first kappa shape index (κ1) is 23.9. The molecule has 39 heavy (non-hydrogen) atoms. The van der Waals surface area contributed by atoms with Crippen molar-refractivity contribution in [1.82, 2.24) is 0 Å². The number of rotatable bonds is 3. The molecule has 0 aliphatic carbocycles. The highest BCUT2D eigenvalue weighted by Crippen LogP contribution is 2.42. The molecule has 0 fully saturated rings. The Morgan fingerprint density at radius 2 is 1.18 bits per heavy atom. The number of hydrogen-bond acceptors (Lipinski definition) is 4. The fourth-order valence-electron chi connectivity index (χ4n) is 5.38. The van der Waals surface area contributed by atoms with Gasteiger partial charge in [-0.25, -0.2) is 0 Å². The first-order valence-corrected chi connectivity index (χ1v) is 14.3. The van der Waals surface area contributed by atoms with E-state index in [1.807, 2.05) is 41.1 Å². The second-order valence-corrected chi connectivity index (χ2v) is 11.6. The summed E-state index contributed by atoms with van der Waals surface area (Å²) in [7, 11) is -5.77. The van der Waals surface area contributed by atoms with Crippen molar-refractivity contribution in [1.29, 1.82) is 0 Å². The SMILES string of the molecule is O=S(=O)(Oc1ccc2c3ccc(-c4cc5ccccc5c5ccccc45)cc3c3cscc3c2c1)C(F)(F)F. The average Bonchev–Trinajstić information content (AvgIpc) is 3.42. The Balaban J connectivity index is 1.46. The highest BCUT2D eigenvalue weighted by molar-refractivity contribution is 7.88. The normalized spacial score (nSPS) is 12.7. The molecule has 1 heterocycles. The van der Waals surface area contributed by atoms with Gasteiger partial charge in [-0.05, 0) is 95.3 Å². The van der Waals surface area contributed by atoms with Gasteiger partial charge in [0.25, 0.3) is 0 Å². The van der Waals surface area contributed by atoms with Crippen LogP contribution in [0.5, 0.6) is 5.75 Å². The monoisotopic (exact) mass is 558 g/mol. The van der Waals surface area contributed by atoms with Gasteiger partial charge in [0.2, 0.25) is 0 Å². The van der Waals surface area contributed by atoms with Crippen LogP contribution in [0.25, 0.3) is 65.0 Å². The summed E-state index contributed by atoms with van der Waals surface area (Å²) in [6, 6.07) is 29.3. The summed E-state index contributed by atoms with van der Waals surface area (Å²) in [4.78, 5) is 0. The molecule has 0 radical (unpaired) electrons. The lowest BCUT2D eigenvalue weighted by atomic mass is 9.90. The Morgan fingerprint density at radius 1 is 0.590 bits per heavy atom. The molecule has 0 amide bonds. The molecule has 0 spiro atoms. The van der Waals surface area contributed by atoms with Crippen molar-refractivity contribution in [2.24, 2.45) is 0 Å². The van der Waals surface area contributed by atoms with Crippen LogP contribution >= 0.6 is 11.3 Å². The Kier molecular flexibility index (Phi) is 5.17. The first-order chi connectivity index (χ1) is 18.7. The maximum atomic E-state index is 12.9. The maximum absolute atomic E-state index is 12.9. The van der Waals surface area contributed by atoms with Crippen LogP contribution in [0.4, 0.5) is 13.2 Å². The average molecular weight is 559 g/mol. The maximum Gasteiger partial charge on any atom is 0.534 e. The number of alkyl halides is 3. The smallest absolute Gasteiger partial charge is 0.376 e. The highest BCUT2D eigenvalue weighted by atomic mass is 32.2. The molecule has 0 aliphatic rings. The van der Waals surface area contributed by atoms with Gasteiger partial charge < -0.3 is 4.18 Å². The zero-order valence-corrected chi connectivity index (χ0v) is 21.6. The molecule has 0 unspecified atom stereocenters. The van der Waals surface area contributed by atoms with E-state index in [0.29, 0.717) is 5.39 Å². The Morgan fingerprint density at radius 3 is 1.90 bits per heavy atom. The van der Waals surface area contributed by atoms with E-state index in [2.05, 4.69) is 46.6 Å². The van der Waals surface area contributed by atoms with E-state index in [1.165, 1.54) is 34.2 Å². The Hall–Kier alpha value is -4.14. The van der Waals surface area contributed by atoms with Gasteiger partial charge in [0.15, 0.2) is 0 Å². The molecule has 0 atom stereocenters. The van der Waals surface area contributed by atoms with Gasteiger partial charge in [0.05, 0.1) is 0 Å². The van der Waals surface area contributed by atoms with Crippen LogP contribution in [-0.4, -0.2) is 13.9 Å². The molecular formula is C31H17F3O3S2. The minimum absolute atomic E-state index is 0.383. The van der Waals surface area contributed by atoms with Crippen LogP contribution in [0, 0.1) is 0 Å². The number of thiophene rings is 1. The number of fused-ring (bicyclic) bond motifs is 9. The Bertz CT molecular complexity index is 2210. The van der Waals surface area contributed by atoms with Crippen molar-refractivity contribution in [2.45, 2.75) is 5.51 Å². The van der Waals surface area contributed by atoms with Crippen molar-refractivity contribution in [3.05, 3.63) is 102 Å². The largest absolute Gasteiger partial charge is 0.534 e. The molecule has 3 nitrogen and oxygen atoms in total. The molecule has 6 aromatic carbocycles. The lowest BCUT2D eigenvalue weighted by Crippen LogP contribution is -2.28. The molecule has 7 aromatic rings. The highest BCUT2D eigenvalue weighted by Gasteiger charge is 2.48. The second kappa shape index (κ2) is 8.43. The summed E-state index contributed by atoms with van der Waals surface area (Å²) in [5.41, 5.74) is -3.35. The van der Waals surface area contributed by atoms with Gasteiger partial charge in [-0.1, -0.05) is 60.7 Å². The molecule has 0 aliphatic heterocycles. The lowest BCUT2D eigenvalue weighted by Gasteiger charge is -2.14.